The van der Waals surface area contributed by atoms with Gasteiger partial charge in [0.15, 0.2) is 11.6 Å². The second kappa shape index (κ2) is 11.7. The van der Waals surface area contributed by atoms with Crippen molar-refractivity contribution in [2.24, 2.45) is 5.73 Å². The zero-order valence-electron chi connectivity index (χ0n) is 21.1. The van der Waals surface area contributed by atoms with Gasteiger partial charge in [-0.15, -0.1) is 0 Å². The Bertz CT molecular complexity index is 1190. The van der Waals surface area contributed by atoms with Crippen molar-refractivity contribution < 1.29 is 4.79 Å². The Balaban J connectivity index is 1.58. The number of carbonyl (C=O) groups excluding carboxylic acids is 1. The number of hydrogen-bond acceptors (Lipinski definition) is 9. The third-order valence-corrected chi connectivity index (χ3v) is 5.95. The number of H-pyrrole nitrogens is 1. The van der Waals surface area contributed by atoms with Crippen molar-refractivity contribution in [3.05, 3.63) is 53.9 Å². The van der Waals surface area contributed by atoms with Crippen molar-refractivity contribution in [3.63, 3.8) is 0 Å². The Hall–Kier alpha value is -3.92. The predicted octanol–water partition coefficient (Wildman–Crippen LogP) is 3.38. The molecule has 1 saturated carbocycles. The predicted molar refractivity (Wildman–Crippen MR) is 145 cm³/mol. The Labute approximate surface area is 211 Å². The molecule has 0 radical (unpaired) electrons. The van der Waals surface area contributed by atoms with Gasteiger partial charge in [0.1, 0.15) is 5.82 Å². The lowest BCUT2D eigenvalue weighted by molar-refractivity contribution is -0.113. The molecule has 36 heavy (non-hydrogen) atoms. The molecule has 0 aliphatic heterocycles. The monoisotopic (exact) mass is 489 g/mol. The van der Waals surface area contributed by atoms with Crippen molar-refractivity contribution >= 4 is 29.1 Å². The van der Waals surface area contributed by atoms with Gasteiger partial charge in [-0.1, -0.05) is 12.1 Å². The molecule has 3 aromatic rings. The minimum Gasteiger partial charge on any atom is -0.402 e. The van der Waals surface area contributed by atoms with Crippen LogP contribution in [0.25, 0.3) is 11.3 Å². The molecule has 6 N–H and O–H groups in total. The molecule has 0 bridgehead atoms. The molecule has 10 nitrogen and oxygen atoms in total. The highest BCUT2D eigenvalue weighted by Crippen LogP contribution is 2.39. The molecule has 0 unspecified atom stereocenters. The van der Waals surface area contributed by atoms with Gasteiger partial charge in [-0.05, 0) is 45.9 Å². The van der Waals surface area contributed by atoms with Crippen LogP contribution in [0.2, 0.25) is 0 Å². The fraction of sp³-hybridized carbons (Fsp3) is 0.385. The summed E-state index contributed by atoms with van der Waals surface area (Å²) in [6.45, 7) is 6.64. The van der Waals surface area contributed by atoms with E-state index >= 15 is 0 Å². The van der Waals surface area contributed by atoms with Gasteiger partial charge in [0, 0.05) is 66.4 Å². The number of rotatable bonds is 13. The first-order valence-corrected chi connectivity index (χ1v) is 12.4. The van der Waals surface area contributed by atoms with Crippen LogP contribution in [-0.4, -0.2) is 59.2 Å². The summed E-state index contributed by atoms with van der Waals surface area (Å²) >= 11 is 0. The van der Waals surface area contributed by atoms with Gasteiger partial charge in [-0.3, -0.25) is 9.89 Å². The Kier molecular flexibility index (Phi) is 8.17. The van der Waals surface area contributed by atoms with E-state index in [4.69, 9.17) is 5.73 Å². The molecule has 1 aromatic carbocycles. The molecule has 0 atom stereocenters. The quantitative estimate of drug-likeness (QED) is 0.229. The van der Waals surface area contributed by atoms with Crippen molar-refractivity contribution in [3.8, 4) is 11.3 Å². The highest BCUT2D eigenvalue weighted by atomic mass is 16.1. The fourth-order valence-electron chi connectivity index (χ4n) is 3.90. The number of allylic oxidation sites excluding steroid dienone is 1. The molecule has 1 aliphatic carbocycles. The fourth-order valence-corrected chi connectivity index (χ4v) is 3.90. The Morgan fingerprint density at radius 2 is 1.97 bits per heavy atom. The van der Waals surface area contributed by atoms with Crippen LogP contribution in [0.3, 0.4) is 0 Å². The van der Waals surface area contributed by atoms with Gasteiger partial charge in [0.05, 0.1) is 12.2 Å². The maximum atomic E-state index is 12.1. The molecule has 2 aromatic heterocycles. The highest BCUT2D eigenvalue weighted by Gasteiger charge is 2.25. The molecule has 0 spiro atoms. The van der Waals surface area contributed by atoms with E-state index < -0.39 is 0 Å². The van der Waals surface area contributed by atoms with Crippen molar-refractivity contribution in [2.45, 2.75) is 32.6 Å². The molecule has 0 amide bonds. The second-order valence-corrected chi connectivity index (χ2v) is 9.01. The summed E-state index contributed by atoms with van der Waals surface area (Å²) < 4.78 is 0. The van der Waals surface area contributed by atoms with Gasteiger partial charge in [-0.25, -0.2) is 4.98 Å². The smallest absolute Gasteiger partial charge is 0.225 e. The van der Waals surface area contributed by atoms with E-state index in [1.54, 1.807) is 6.92 Å². The number of nitrogens with two attached hydrogens (primary N) is 1. The number of nitrogens with zero attached hydrogens (tertiary/aromatic N) is 4. The third kappa shape index (κ3) is 6.82. The molecule has 1 fully saturated rings. The standard InChI is InChI=1S/C26H35N9O/c1-4-35(12-11-28-3)20-9-7-18(8-10-20)22-14-24(31-25-15-23(33-34-25)19-5-6-19)32-26(30-22)29-16-21(36)13-17(2)27/h7-10,13-15,19,28H,4-6,11-12,16,27H2,1-3H3,(H3,29,30,31,32,33,34)/b17-13-. The normalized spacial score (nSPS) is 13.5. The summed E-state index contributed by atoms with van der Waals surface area (Å²) in [6, 6.07) is 12.2. The van der Waals surface area contributed by atoms with E-state index in [0.29, 0.717) is 29.2 Å². The number of ketones is 1. The first kappa shape index (κ1) is 25.2. The number of carbonyl (C=O) groups is 1. The molecule has 4 rings (SSSR count). The average Bonchev–Trinajstić information content (AvgIpc) is 3.62. The largest absolute Gasteiger partial charge is 0.402 e. The number of anilines is 4. The van der Waals surface area contributed by atoms with E-state index in [0.717, 1.165) is 42.3 Å². The number of aromatic nitrogens is 4. The van der Waals surface area contributed by atoms with Crippen molar-refractivity contribution in [1.29, 1.82) is 0 Å². The maximum Gasteiger partial charge on any atom is 0.225 e. The number of benzene rings is 1. The highest BCUT2D eigenvalue weighted by molar-refractivity contribution is 5.93. The average molecular weight is 490 g/mol. The summed E-state index contributed by atoms with van der Waals surface area (Å²) in [5, 5.41) is 17.0. The first-order valence-electron chi connectivity index (χ1n) is 12.4. The van der Waals surface area contributed by atoms with Crippen LogP contribution in [0.15, 0.2) is 48.2 Å². The lowest BCUT2D eigenvalue weighted by Crippen LogP contribution is -2.30. The van der Waals surface area contributed by atoms with Crippen LogP contribution in [0.1, 0.15) is 38.3 Å². The minimum absolute atomic E-state index is 0.0432. The number of aromatic amines is 1. The van der Waals surface area contributed by atoms with E-state index in [1.165, 1.54) is 18.9 Å². The van der Waals surface area contributed by atoms with Crippen LogP contribution in [0, 0.1) is 0 Å². The molecular formula is C26H35N9O. The molecule has 0 saturated heterocycles. The topological polar surface area (TPSA) is 137 Å². The first-order chi connectivity index (χ1) is 17.4. The van der Waals surface area contributed by atoms with Crippen molar-refractivity contribution in [1.82, 2.24) is 25.5 Å². The van der Waals surface area contributed by atoms with Crippen LogP contribution >= 0.6 is 0 Å². The van der Waals surface area contributed by atoms with Gasteiger partial charge in [0.25, 0.3) is 0 Å². The van der Waals surface area contributed by atoms with Crippen LogP contribution in [0.4, 0.5) is 23.3 Å². The lowest BCUT2D eigenvalue weighted by atomic mass is 10.1. The maximum absolute atomic E-state index is 12.1. The Morgan fingerprint density at radius 1 is 1.19 bits per heavy atom. The molecule has 190 valence electrons. The molecule has 1 aliphatic rings. The summed E-state index contributed by atoms with van der Waals surface area (Å²) in [5.74, 6) is 2.06. The number of nitrogens with one attached hydrogen (secondary N) is 4. The zero-order chi connectivity index (χ0) is 25.5. The van der Waals surface area contributed by atoms with Gasteiger partial charge >= 0.3 is 0 Å². The number of likely N-dealkylation sites (N-methyl/N-ethyl adjacent to an activating group) is 2. The van der Waals surface area contributed by atoms with Crippen molar-refractivity contribution in [2.75, 3.05) is 48.8 Å². The lowest BCUT2D eigenvalue weighted by Gasteiger charge is -2.23. The van der Waals surface area contributed by atoms with Gasteiger partial charge in [-0.2, -0.15) is 10.1 Å². The van der Waals surface area contributed by atoms with Gasteiger partial charge < -0.3 is 26.6 Å². The van der Waals surface area contributed by atoms with Crippen LogP contribution in [-0.2, 0) is 4.79 Å². The van der Waals surface area contributed by atoms with Crippen LogP contribution in [0.5, 0.6) is 0 Å². The summed E-state index contributed by atoms with van der Waals surface area (Å²) in [5.41, 5.74) is 10.0. The Morgan fingerprint density at radius 3 is 2.64 bits per heavy atom. The molecule has 2 heterocycles. The van der Waals surface area contributed by atoms with E-state index in [9.17, 15) is 4.79 Å². The van der Waals surface area contributed by atoms with E-state index in [-0.39, 0.29) is 12.3 Å². The van der Waals surface area contributed by atoms with E-state index in [2.05, 4.69) is 72.2 Å². The minimum atomic E-state index is -0.148. The SMILES string of the molecule is CCN(CCNC)c1ccc(-c2cc(Nc3cc(C4CC4)[nH]n3)nc(NCC(=O)/C=C(/C)N)n2)cc1. The second-order valence-electron chi connectivity index (χ2n) is 9.01. The summed E-state index contributed by atoms with van der Waals surface area (Å²) in [6.07, 6.45) is 3.78. The third-order valence-electron chi connectivity index (χ3n) is 5.95. The van der Waals surface area contributed by atoms with Crippen LogP contribution < -0.4 is 26.6 Å². The molecular weight excluding hydrogens is 454 g/mol. The zero-order valence-corrected chi connectivity index (χ0v) is 21.1. The van der Waals surface area contributed by atoms with E-state index in [1.807, 2.05) is 19.2 Å². The van der Waals surface area contributed by atoms with Gasteiger partial charge in [0.2, 0.25) is 5.95 Å². The summed E-state index contributed by atoms with van der Waals surface area (Å²) in [4.78, 5) is 23.7. The molecule has 10 heteroatoms. The number of hydrogen-bond donors (Lipinski definition) is 5. The summed E-state index contributed by atoms with van der Waals surface area (Å²) in [7, 11) is 1.96.